The number of pyridine rings is 1. The van der Waals surface area contributed by atoms with Gasteiger partial charge in [0.15, 0.2) is 0 Å². The van der Waals surface area contributed by atoms with Crippen molar-refractivity contribution in [3.05, 3.63) is 75.8 Å². The van der Waals surface area contributed by atoms with Gasteiger partial charge >= 0.3 is 5.97 Å². The molecule has 2 aliphatic rings. The van der Waals surface area contributed by atoms with Crippen molar-refractivity contribution in [3.8, 4) is 5.75 Å². The minimum Gasteiger partial charge on any atom is -0.508 e. The van der Waals surface area contributed by atoms with E-state index in [4.69, 9.17) is 0 Å². The van der Waals surface area contributed by atoms with E-state index in [1.165, 1.54) is 63.8 Å². The van der Waals surface area contributed by atoms with Gasteiger partial charge in [0.1, 0.15) is 40.6 Å². The number of hydrogen-bond acceptors (Lipinski definition) is 7. The van der Waals surface area contributed by atoms with Crippen LogP contribution in [0.1, 0.15) is 35.8 Å². The molecule has 13 heteroatoms. The number of rotatable bonds is 6. The molecule has 3 heterocycles. The van der Waals surface area contributed by atoms with E-state index in [0.717, 1.165) is 6.07 Å². The third kappa shape index (κ3) is 4.45. The van der Waals surface area contributed by atoms with Crippen LogP contribution in [0.25, 0.3) is 10.9 Å². The Morgan fingerprint density at radius 3 is 2.42 bits per heavy atom. The van der Waals surface area contributed by atoms with Gasteiger partial charge < -0.3 is 30.3 Å². The van der Waals surface area contributed by atoms with E-state index in [1.807, 2.05) is 0 Å². The molecule has 2 aromatic carbocycles. The molecule has 4 N–H and O–H groups in total. The summed E-state index contributed by atoms with van der Waals surface area (Å²) in [4.78, 5) is 65.8. The molecule has 1 aromatic heterocycles. The van der Waals surface area contributed by atoms with Crippen LogP contribution in [0.2, 0.25) is 0 Å². The Balaban J connectivity index is 1.44. The van der Waals surface area contributed by atoms with Gasteiger partial charge in [-0.1, -0.05) is 12.1 Å². The third-order valence-corrected chi connectivity index (χ3v) is 8.70. The summed E-state index contributed by atoms with van der Waals surface area (Å²) < 4.78 is 14.6. The fourth-order valence-corrected chi connectivity index (χ4v) is 6.81. The fourth-order valence-electron chi connectivity index (χ4n) is 5.18. The summed E-state index contributed by atoms with van der Waals surface area (Å²) in [6, 6.07) is 5.56. The van der Waals surface area contributed by atoms with E-state index in [9.17, 15) is 38.6 Å². The number of hydrogen-bond donors (Lipinski definition) is 4. The van der Waals surface area contributed by atoms with Crippen LogP contribution in [0, 0.1) is 5.82 Å². The van der Waals surface area contributed by atoms with Crippen molar-refractivity contribution in [2.45, 2.75) is 42.1 Å². The number of phenolic OH excluding ortho intramolecular Hbond substituents is 1. The quantitative estimate of drug-likeness (QED) is 0.326. The number of fused-ring (bicyclic) bond motifs is 2. The second-order valence-corrected chi connectivity index (χ2v) is 12.0. The molecule has 2 unspecified atom stereocenters. The first-order valence-electron chi connectivity index (χ1n) is 12.2. The molecule has 3 aromatic rings. The number of carbonyl (C=O) groups excluding carboxylic acids is 3. The normalized spacial score (nSPS) is 21.9. The number of amides is 3. The van der Waals surface area contributed by atoms with Crippen molar-refractivity contribution in [1.82, 2.24) is 20.1 Å². The molecule has 40 heavy (non-hydrogen) atoms. The van der Waals surface area contributed by atoms with E-state index in [2.05, 4.69) is 10.6 Å². The Morgan fingerprint density at radius 2 is 1.77 bits per heavy atom. The highest BCUT2D eigenvalue weighted by Crippen LogP contribution is 2.50. The fraction of sp³-hybridized carbons (Fsp3) is 0.296. The number of phenols is 1. The topological polar surface area (TPSA) is 158 Å². The number of carboxylic acids is 1. The van der Waals surface area contributed by atoms with E-state index in [1.54, 1.807) is 20.9 Å². The molecule has 0 aliphatic carbocycles. The van der Waals surface area contributed by atoms with Crippen molar-refractivity contribution < 1.29 is 33.8 Å². The van der Waals surface area contributed by atoms with Gasteiger partial charge in [0.05, 0.1) is 5.52 Å². The molecule has 0 spiro atoms. The van der Waals surface area contributed by atoms with Gasteiger partial charge in [-0.2, -0.15) is 0 Å². The van der Waals surface area contributed by atoms with Gasteiger partial charge in [-0.15, -0.1) is 11.8 Å². The first-order valence-corrected chi connectivity index (χ1v) is 13.1. The number of nitrogens with one attached hydrogen (secondary N) is 2. The van der Waals surface area contributed by atoms with Crippen molar-refractivity contribution in [3.63, 3.8) is 0 Å². The molecule has 0 saturated carbocycles. The Kier molecular flexibility index (Phi) is 6.57. The Morgan fingerprint density at radius 1 is 1.10 bits per heavy atom. The molecule has 2 aliphatic heterocycles. The third-order valence-electron chi connectivity index (χ3n) is 7.13. The molecule has 3 amide bonds. The smallest absolute Gasteiger partial charge is 0.327 e. The average molecular weight is 569 g/mol. The monoisotopic (exact) mass is 568 g/mol. The highest BCUT2D eigenvalue weighted by Gasteiger charge is 2.64. The Hall–Kier alpha value is -4.39. The molecular formula is C27H25FN4O7S. The van der Waals surface area contributed by atoms with Crippen LogP contribution in [0.5, 0.6) is 5.75 Å². The maximum atomic E-state index is 13.9. The van der Waals surface area contributed by atoms with Gasteiger partial charge in [0.2, 0.25) is 17.2 Å². The van der Waals surface area contributed by atoms with Crippen LogP contribution >= 0.6 is 11.8 Å². The van der Waals surface area contributed by atoms with Crippen LogP contribution in [-0.4, -0.2) is 65.6 Å². The lowest BCUT2D eigenvalue weighted by Crippen LogP contribution is -2.71. The Bertz CT molecular complexity index is 1640. The zero-order valence-corrected chi connectivity index (χ0v) is 22.4. The number of benzene rings is 2. The van der Waals surface area contributed by atoms with Crippen molar-refractivity contribution in [2.24, 2.45) is 7.05 Å². The van der Waals surface area contributed by atoms with Crippen molar-refractivity contribution >= 4 is 46.4 Å². The molecule has 4 atom stereocenters. The zero-order chi connectivity index (χ0) is 29.1. The predicted octanol–water partition coefficient (Wildman–Crippen LogP) is 1.49. The number of carboxylic acid groups (broad SMARTS) is 1. The lowest BCUT2D eigenvalue weighted by Gasteiger charge is -2.44. The van der Waals surface area contributed by atoms with E-state index in [0.29, 0.717) is 5.52 Å². The maximum Gasteiger partial charge on any atom is 0.327 e. The van der Waals surface area contributed by atoms with Crippen molar-refractivity contribution in [1.29, 1.82) is 0 Å². The number of halogens is 1. The molecule has 11 nitrogen and oxygen atoms in total. The minimum atomic E-state index is -1.39. The van der Waals surface area contributed by atoms with Crippen LogP contribution in [0.3, 0.4) is 0 Å². The summed E-state index contributed by atoms with van der Waals surface area (Å²) in [7, 11) is 1.58. The SMILES string of the molecule is Cn1cc(C(=O)NC(C(=O)NC2C(=O)N3[C@@H]2SC(C)(C)[C@@H]3C(=O)O)c2ccc(O)cc2)c(=O)c2cc(F)ccc21. The molecular weight excluding hydrogens is 543 g/mol. The van der Waals surface area contributed by atoms with Gasteiger partial charge in [0, 0.05) is 23.4 Å². The molecule has 0 bridgehead atoms. The highest BCUT2D eigenvalue weighted by molar-refractivity contribution is 8.01. The van der Waals surface area contributed by atoms with Gasteiger partial charge in [-0.25, -0.2) is 9.18 Å². The Labute approximate surface area is 231 Å². The van der Waals surface area contributed by atoms with Crippen LogP contribution in [-0.2, 0) is 21.4 Å². The van der Waals surface area contributed by atoms with Gasteiger partial charge in [-0.05, 0) is 49.7 Å². The number of aromatic nitrogens is 1. The number of β-lactam (4-membered cyclic amide) rings is 1. The second kappa shape index (κ2) is 9.66. The molecule has 208 valence electrons. The van der Waals surface area contributed by atoms with E-state index >= 15 is 0 Å². The van der Waals surface area contributed by atoms with Crippen LogP contribution in [0.4, 0.5) is 4.39 Å². The summed E-state index contributed by atoms with van der Waals surface area (Å²) in [6.07, 6.45) is 1.28. The number of aryl methyl sites for hydroxylation is 1. The van der Waals surface area contributed by atoms with Crippen LogP contribution in [0.15, 0.2) is 53.5 Å². The standard InChI is InChI=1S/C27H25FN4O7S/c1-27(2)21(26(38)39)32-24(37)19(25(32)40-27)30-23(36)18(12-4-7-14(33)8-5-12)29-22(35)16-11-31(3)17-9-6-13(28)10-15(17)20(16)34/h4-11,18-19,21,25,33H,1-3H3,(H,29,35)(H,30,36)(H,38,39)/t18?,19?,21-,25+/m0/s1. The molecule has 2 saturated heterocycles. The highest BCUT2D eigenvalue weighted by atomic mass is 32.2. The predicted molar refractivity (Wildman–Crippen MR) is 143 cm³/mol. The largest absolute Gasteiger partial charge is 0.508 e. The number of nitrogens with zero attached hydrogens (tertiary/aromatic N) is 2. The number of carbonyl (C=O) groups is 4. The first kappa shape index (κ1) is 27.2. The van der Waals surface area contributed by atoms with Crippen molar-refractivity contribution in [2.75, 3.05) is 0 Å². The lowest BCUT2D eigenvalue weighted by atomic mass is 9.95. The summed E-state index contributed by atoms with van der Waals surface area (Å²) >= 11 is 1.25. The number of aliphatic carboxylic acids is 1. The van der Waals surface area contributed by atoms with Crippen LogP contribution < -0.4 is 16.1 Å². The average Bonchev–Trinajstić information content (AvgIpc) is 3.16. The first-order chi connectivity index (χ1) is 18.8. The lowest BCUT2D eigenvalue weighted by molar-refractivity contribution is -0.161. The van der Waals surface area contributed by atoms with Gasteiger partial charge in [-0.3, -0.25) is 19.2 Å². The molecule has 2 fully saturated rings. The number of aromatic hydroxyl groups is 1. The summed E-state index contributed by atoms with van der Waals surface area (Å²) in [5.41, 5.74) is -0.413. The maximum absolute atomic E-state index is 13.9. The number of thioether (sulfide) groups is 1. The molecule has 5 rings (SSSR count). The van der Waals surface area contributed by atoms with E-state index in [-0.39, 0.29) is 22.3 Å². The summed E-state index contributed by atoms with van der Waals surface area (Å²) in [5.74, 6) is -4.15. The summed E-state index contributed by atoms with van der Waals surface area (Å²) in [6.45, 7) is 3.41. The second-order valence-electron chi connectivity index (χ2n) is 10.2. The van der Waals surface area contributed by atoms with E-state index < -0.39 is 63.2 Å². The minimum absolute atomic E-state index is 0.0187. The zero-order valence-electron chi connectivity index (χ0n) is 21.5. The molecule has 0 radical (unpaired) electrons. The van der Waals surface area contributed by atoms with Gasteiger partial charge in [0.25, 0.3) is 5.91 Å². The summed E-state index contributed by atoms with van der Waals surface area (Å²) in [5, 5.41) is 23.8.